The minimum absolute atomic E-state index is 0.272. The molecular weight excluding hydrogens is 286 g/mol. The van der Waals surface area contributed by atoms with E-state index >= 15 is 0 Å². The highest BCUT2D eigenvalue weighted by atomic mass is 16.5. The molecule has 0 radical (unpaired) electrons. The van der Waals surface area contributed by atoms with Crippen molar-refractivity contribution in [3.05, 3.63) is 42.1 Å². The van der Waals surface area contributed by atoms with Crippen molar-refractivity contribution in [2.75, 3.05) is 6.61 Å². The van der Waals surface area contributed by atoms with Crippen LogP contribution in [0, 0.1) is 5.92 Å². The predicted molar refractivity (Wildman–Crippen MR) is 94.3 cm³/mol. The van der Waals surface area contributed by atoms with Crippen molar-refractivity contribution in [1.82, 2.24) is 5.32 Å². The fourth-order valence-electron chi connectivity index (χ4n) is 3.51. The summed E-state index contributed by atoms with van der Waals surface area (Å²) in [5.41, 5.74) is 1.72. The van der Waals surface area contributed by atoms with Crippen LogP contribution in [-0.2, 0) is 0 Å². The largest absolute Gasteiger partial charge is 0.507 e. The molecule has 1 saturated carbocycles. The van der Waals surface area contributed by atoms with Gasteiger partial charge in [0.2, 0.25) is 0 Å². The monoisotopic (exact) mass is 313 g/mol. The van der Waals surface area contributed by atoms with Crippen molar-refractivity contribution in [2.24, 2.45) is 5.92 Å². The second-order valence-electron chi connectivity index (χ2n) is 6.53. The number of phenolic OH excluding ortho intramolecular Hbond substituents is 1. The first-order chi connectivity index (χ1) is 11.3. The van der Waals surface area contributed by atoms with Gasteiger partial charge in [-0.1, -0.05) is 50.3 Å². The van der Waals surface area contributed by atoms with Gasteiger partial charge in [0, 0.05) is 5.70 Å². The van der Waals surface area contributed by atoms with Gasteiger partial charge in [-0.25, -0.2) is 0 Å². The zero-order valence-electron chi connectivity index (χ0n) is 13.8. The summed E-state index contributed by atoms with van der Waals surface area (Å²) in [5, 5.41) is 13.6. The molecule has 124 valence electrons. The molecule has 0 unspecified atom stereocenters. The van der Waals surface area contributed by atoms with E-state index in [1.165, 1.54) is 32.1 Å². The Morgan fingerprint density at radius 1 is 1.13 bits per heavy atom. The fourth-order valence-corrected chi connectivity index (χ4v) is 3.51. The number of hydrogen-bond acceptors (Lipinski definition) is 3. The molecular formula is C20H27NO2. The Bertz CT molecular complexity index is 571. The van der Waals surface area contributed by atoms with Crippen LogP contribution >= 0.6 is 0 Å². The second-order valence-corrected chi connectivity index (χ2v) is 6.53. The number of aromatic hydroxyl groups is 1. The maximum absolute atomic E-state index is 10.3. The minimum atomic E-state index is 0.272. The number of hydrogen-bond donors (Lipinski definition) is 2. The molecule has 0 aromatic heterocycles. The summed E-state index contributed by atoms with van der Waals surface area (Å²) in [5.74, 6) is 1.85. The van der Waals surface area contributed by atoms with E-state index in [2.05, 4.69) is 17.5 Å². The second kappa shape index (κ2) is 8.09. The Kier molecular flexibility index (Phi) is 5.62. The smallest absolute Gasteiger partial charge is 0.132 e. The highest BCUT2D eigenvalue weighted by Crippen LogP contribution is 2.34. The third-order valence-corrected chi connectivity index (χ3v) is 4.82. The van der Waals surface area contributed by atoms with Gasteiger partial charge in [0.15, 0.2) is 0 Å². The zero-order chi connectivity index (χ0) is 15.9. The van der Waals surface area contributed by atoms with Crippen LogP contribution in [0.3, 0.4) is 0 Å². The number of nitrogens with one attached hydrogen (secondary N) is 1. The van der Waals surface area contributed by atoms with Crippen LogP contribution < -0.4 is 10.1 Å². The van der Waals surface area contributed by atoms with Gasteiger partial charge in [-0.15, -0.1) is 0 Å². The van der Waals surface area contributed by atoms with Gasteiger partial charge >= 0.3 is 0 Å². The van der Waals surface area contributed by atoms with E-state index in [-0.39, 0.29) is 5.75 Å². The van der Waals surface area contributed by atoms with E-state index in [1.807, 2.05) is 18.3 Å². The first-order valence-electron chi connectivity index (χ1n) is 8.91. The molecule has 3 heteroatoms. The molecule has 2 N–H and O–H groups in total. The van der Waals surface area contributed by atoms with Crippen LogP contribution in [0.4, 0.5) is 0 Å². The quantitative estimate of drug-likeness (QED) is 0.805. The summed E-state index contributed by atoms with van der Waals surface area (Å²) in [4.78, 5) is 0. The van der Waals surface area contributed by atoms with Gasteiger partial charge in [0.05, 0.1) is 12.2 Å². The lowest BCUT2D eigenvalue weighted by molar-refractivity contribution is 0.245. The maximum atomic E-state index is 10.3. The lowest BCUT2D eigenvalue weighted by Crippen LogP contribution is -2.12. The number of phenols is 1. The first-order valence-corrected chi connectivity index (χ1v) is 8.91. The van der Waals surface area contributed by atoms with Crippen molar-refractivity contribution < 1.29 is 9.84 Å². The van der Waals surface area contributed by atoms with E-state index in [9.17, 15) is 5.11 Å². The molecule has 0 saturated heterocycles. The summed E-state index contributed by atoms with van der Waals surface area (Å²) in [6, 6.07) is 5.52. The highest BCUT2D eigenvalue weighted by molar-refractivity contribution is 5.74. The topological polar surface area (TPSA) is 41.5 Å². The molecule has 1 fully saturated rings. The fraction of sp³-hybridized carbons (Fsp3) is 0.500. The highest BCUT2D eigenvalue weighted by Gasteiger charge is 2.16. The molecule has 1 aliphatic carbocycles. The predicted octanol–water partition coefficient (Wildman–Crippen LogP) is 4.98. The molecule has 3 rings (SSSR count). The lowest BCUT2D eigenvalue weighted by Gasteiger charge is -2.22. The molecule has 23 heavy (non-hydrogen) atoms. The van der Waals surface area contributed by atoms with Crippen molar-refractivity contribution >= 4 is 5.70 Å². The number of benzene rings is 1. The van der Waals surface area contributed by atoms with Gasteiger partial charge < -0.3 is 15.2 Å². The van der Waals surface area contributed by atoms with E-state index in [0.717, 1.165) is 48.8 Å². The van der Waals surface area contributed by atoms with Crippen molar-refractivity contribution in [2.45, 2.75) is 51.4 Å². The van der Waals surface area contributed by atoms with Crippen LogP contribution in [0.25, 0.3) is 5.70 Å². The normalized spacial score (nSPS) is 18.9. The molecule has 1 heterocycles. The molecule has 0 spiro atoms. The molecule has 3 nitrogen and oxygen atoms in total. The van der Waals surface area contributed by atoms with Crippen LogP contribution in [0.15, 0.2) is 36.6 Å². The van der Waals surface area contributed by atoms with Crippen LogP contribution in [0.2, 0.25) is 0 Å². The molecule has 1 aliphatic heterocycles. The molecule has 0 amide bonds. The summed E-state index contributed by atoms with van der Waals surface area (Å²) >= 11 is 0. The summed E-state index contributed by atoms with van der Waals surface area (Å²) < 4.78 is 6.05. The maximum Gasteiger partial charge on any atom is 0.132 e. The van der Waals surface area contributed by atoms with Crippen molar-refractivity contribution in [3.8, 4) is 11.5 Å². The molecule has 1 aromatic carbocycles. The Labute approximate surface area is 139 Å². The van der Waals surface area contributed by atoms with Gasteiger partial charge in [-0.3, -0.25) is 0 Å². The van der Waals surface area contributed by atoms with E-state index in [1.54, 1.807) is 6.07 Å². The average Bonchev–Trinajstić information content (AvgIpc) is 2.85. The molecule has 1 aromatic rings. The van der Waals surface area contributed by atoms with Crippen molar-refractivity contribution in [3.63, 3.8) is 0 Å². The lowest BCUT2D eigenvalue weighted by atomic mass is 9.87. The Hall–Kier alpha value is -1.90. The molecule has 0 bridgehead atoms. The Balaban J connectivity index is 1.67. The Morgan fingerprint density at radius 2 is 2.00 bits per heavy atom. The van der Waals surface area contributed by atoms with Crippen LogP contribution in [-0.4, -0.2) is 11.7 Å². The van der Waals surface area contributed by atoms with E-state index in [4.69, 9.17) is 4.74 Å². The Morgan fingerprint density at radius 3 is 2.87 bits per heavy atom. The minimum Gasteiger partial charge on any atom is -0.507 e. The standard InChI is InChI=1S/C20H27NO2/c22-18-11-7-12-19(20(18)17-10-5-2-6-14-21-17)23-15-13-16-8-3-1-4-9-16/h6-7,10-12,14,16,21-22H,1-5,8-9,13,15H2. The van der Waals surface area contributed by atoms with Gasteiger partial charge in [0.1, 0.15) is 11.5 Å². The van der Waals surface area contributed by atoms with Gasteiger partial charge in [0.25, 0.3) is 0 Å². The number of ether oxygens (including phenoxy) is 1. The average molecular weight is 313 g/mol. The summed E-state index contributed by atoms with van der Waals surface area (Å²) in [7, 11) is 0. The molecule has 0 atom stereocenters. The van der Waals surface area contributed by atoms with E-state index < -0.39 is 0 Å². The third kappa shape index (κ3) is 4.31. The summed E-state index contributed by atoms with van der Waals surface area (Å²) in [6.45, 7) is 0.726. The van der Waals surface area contributed by atoms with Crippen molar-refractivity contribution in [1.29, 1.82) is 0 Å². The van der Waals surface area contributed by atoms with Gasteiger partial charge in [-0.05, 0) is 43.5 Å². The zero-order valence-corrected chi connectivity index (χ0v) is 13.8. The van der Waals surface area contributed by atoms with Gasteiger partial charge in [-0.2, -0.15) is 0 Å². The van der Waals surface area contributed by atoms with Crippen LogP contribution in [0.5, 0.6) is 11.5 Å². The number of rotatable bonds is 5. The SMILES string of the molecule is Oc1cccc(OCCC2CCCCC2)c1C1=CCCC=CN1. The summed E-state index contributed by atoms with van der Waals surface area (Å²) in [6.07, 6.45) is 16.1. The number of allylic oxidation sites excluding steroid dienone is 2. The van der Waals surface area contributed by atoms with E-state index in [0.29, 0.717) is 0 Å². The third-order valence-electron chi connectivity index (χ3n) is 4.82. The first kappa shape index (κ1) is 16.0. The molecule has 2 aliphatic rings. The van der Waals surface area contributed by atoms with Crippen LogP contribution in [0.1, 0.15) is 56.9 Å².